The molecule has 0 radical (unpaired) electrons. The van der Waals surface area contributed by atoms with E-state index < -0.39 is 12.0 Å². The highest BCUT2D eigenvalue weighted by molar-refractivity contribution is 9.10. The highest BCUT2D eigenvalue weighted by atomic mass is 79.9. The smallest absolute Gasteiger partial charge is 0.338 e. The topological polar surface area (TPSA) is 79.1 Å². The Hall–Kier alpha value is -3.01. The maximum atomic E-state index is 13.9. The minimum atomic E-state index is -0.668. The normalized spacial score (nSPS) is 15.4. The van der Waals surface area contributed by atoms with Gasteiger partial charge in [-0.1, -0.05) is 65.4 Å². The first-order chi connectivity index (χ1) is 18.2. The maximum Gasteiger partial charge on any atom is 0.338 e. The number of allylic oxidation sites excluding steroid dienone is 1. The lowest BCUT2D eigenvalue weighted by atomic mass is 9.93. The van der Waals surface area contributed by atoms with Crippen molar-refractivity contribution in [2.75, 3.05) is 26.9 Å². The van der Waals surface area contributed by atoms with Crippen LogP contribution in [0.4, 0.5) is 0 Å². The van der Waals surface area contributed by atoms with Gasteiger partial charge in [0, 0.05) is 17.1 Å². The average Bonchev–Trinajstić information content (AvgIpc) is 3.19. The van der Waals surface area contributed by atoms with Crippen LogP contribution in [0, 0.1) is 0 Å². The van der Waals surface area contributed by atoms with Gasteiger partial charge in [0.15, 0.2) is 4.80 Å². The number of hydrogen-bond acceptors (Lipinski definition) is 7. The van der Waals surface area contributed by atoms with Crippen LogP contribution in [0.5, 0.6) is 5.75 Å². The lowest BCUT2D eigenvalue weighted by Gasteiger charge is -2.25. The third-order valence-corrected chi connectivity index (χ3v) is 7.72. The third-order valence-electron chi connectivity index (χ3n) is 6.24. The number of methoxy groups -OCH3 is 1. The van der Waals surface area contributed by atoms with E-state index in [2.05, 4.69) is 34.8 Å². The van der Waals surface area contributed by atoms with E-state index in [1.54, 1.807) is 18.6 Å². The molecule has 0 aliphatic carbocycles. The van der Waals surface area contributed by atoms with Crippen molar-refractivity contribution in [3.63, 3.8) is 0 Å². The largest absolute Gasteiger partial charge is 0.493 e. The summed E-state index contributed by atoms with van der Waals surface area (Å²) in [6.45, 7) is 8.84. The molecule has 9 heteroatoms. The van der Waals surface area contributed by atoms with Crippen LogP contribution < -0.4 is 19.6 Å². The van der Waals surface area contributed by atoms with Gasteiger partial charge in [-0.2, -0.15) is 0 Å². The summed E-state index contributed by atoms with van der Waals surface area (Å²) in [5, 5.41) is 0. The van der Waals surface area contributed by atoms with Crippen molar-refractivity contribution >= 4 is 39.3 Å². The number of fused-ring (bicyclic) bond motifs is 1. The minimum absolute atomic E-state index is 0.110. The molecule has 1 aliphatic rings. The van der Waals surface area contributed by atoms with Crippen molar-refractivity contribution in [1.82, 2.24) is 4.57 Å². The van der Waals surface area contributed by atoms with Crippen LogP contribution in [0.15, 0.2) is 68.0 Å². The van der Waals surface area contributed by atoms with E-state index in [-0.39, 0.29) is 18.8 Å². The molecule has 0 saturated heterocycles. The number of rotatable bonds is 9. The average molecular weight is 600 g/mol. The molecule has 38 heavy (non-hydrogen) atoms. The van der Waals surface area contributed by atoms with E-state index in [0.29, 0.717) is 38.9 Å². The van der Waals surface area contributed by atoms with Gasteiger partial charge in [0.05, 0.1) is 35.1 Å². The van der Waals surface area contributed by atoms with Crippen LogP contribution in [-0.4, -0.2) is 37.5 Å². The third kappa shape index (κ3) is 5.85. The summed E-state index contributed by atoms with van der Waals surface area (Å²) < 4.78 is 19.3. The molecule has 1 atom stereocenters. The molecule has 0 bridgehead atoms. The molecule has 200 valence electrons. The summed E-state index contributed by atoms with van der Waals surface area (Å²) >= 11 is 4.79. The Morgan fingerprint density at radius 1 is 1.18 bits per heavy atom. The maximum absolute atomic E-state index is 13.9. The van der Waals surface area contributed by atoms with Crippen LogP contribution in [0.1, 0.15) is 56.3 Å². The number of benzene rings is 2. The molecule has 0 spiro atoms. The second-order valence-electron chi connectivity index (χ2n) is 9.15. The summed E-state index contributed by atoms with van der Waals surface area (Å²) in [6.07, 6.45) is 1.81. The van der Waals surface area contributed by atoms with Crippen molar-refractivity contribution in [3.05, 3.63) is 94.6 Å². The molecule has 3 aromatic rings. The standard InChI is InChI=1S/C29H31BrN2O5S/c1-6-36-23-12-11-22(30)15-21(23)16-24-27(33)32-26(20-9-7-19(8-10-20)17(2)3)25(18(4)31-29(32)38-24)28(34)37-14-13-35-5/h7-12,15-17,26H,6,13-14H2,1-5H3. The fourth-order valence-electron chi connectivity index (χ4n) is 4.32. The van der Waals surface area contributed by atoms with E-state index in [1.807, 2.05) is 55.5 Å². The predicted molar refractivity (Wildman–Crippen MR) is 152 cm³/mol. The molecule has 1 aliphatic heterocycles. The Kier molecular flexibility index (Phi) is 9.02. The number of carbonyl (C=O) groups excluding carboxylic acids is 1. The molecule has 1 aromatic heterocycles. The van der Waals surface area contributed by atoms with Crippen molar-refractivity contribution in [1.29, 1.82) is 0 Å². The number of aromatic nitrogens is 1. The van der Waals surface area contributed by atoms with Crippen LogP contribution >= 0.6 is 27.3 Å². The van der Waals surface area contributed by atoms with E-state index >= 15 is 0 Å². The van der Waals surface area contributed by atoms with E-state index in [1.165, 1.54) is 16.9 Å². The molecule has 4 rings (SSSR count). The van der Waals surface area contributed by atoms with Crippen LogP contribution in [0.2, 0.25) is 0 Å². The zero-order chi connectivity index (χ0) is 27.4. The van der Waals surface area contributed by atoms with Crippen molar-refractivity contribution in [2.45, 2.75) is 39.7 Å². The molecule has 2 heterocycles. The number of hydrogen-bond donors (Lipinski definition) is 0. The Bertz CT molecular complexity index is 1540. The highest BCUT2D eigenvalue weighted by Gasteiger charge is 2.33. The Balaban J connectivity index is 1.90. The van der Waals surface area contributed by atoms with Crippen LogP contribution in [0.3, 0.4) is 0 Å². The first-order valence-corrected chi connectivity index (χ1v) is 14.1. The minimum Gasteiger partial charge on any atom is -0.493 e. The first kappa shape index (κ1) is 28.0. The number of carbonyl (C=O) groups is 1. The van der Waals surface area contributed by atoms with Crippen molar-refractivity contribution in [2.24, 2.45) is 4.99 Å². The van der Waals surface area contributed by atoms with Gasteiger partial charge in [0.1, 0.15) is 12.4 Å². The Labute approximate surface area is 234 Å². The zero-order valence-corrected chi connectivity index (χ0v) is 24.5. The molecule has 2 aromatic carbocycles. The van der Waals surface area contributed by atoms with Crippen LogP contribution in [0.25, 0.3) is 6.08 Å². The van der Waals surface area contributed by atoms with Gasteiger partial charge in [-0.15, -0.1) is 0 Å². The number of nitrogens with zero attached hydrogens (tertiary/aromatic N) is 2. The predicted octanol–water partition coefficient (Wildman–Crippen LogP) is 4.71. The molecule has 0 amide bonds. The highest BCUT2D eigenvalue weighted by Crippen LogP contribution is 2.31. The van der Waals surface area contributed by atoms with Gasteiger partial charge >= 0.3 is 5.97 Å². The van der Waals surface area contributed by atoms with Gasteiger partial charge in [0.25, 0.3) is 5.56 Å². The summed E-state index contributed by atoms with van der Waals surface area (Å²) in [5.74, 6) is 0.522. The molecule has 0 saturated carbocycles. The van der Waals surface area contributed by atoms with E-state index in [4.69, 9.17) is 14.2 Å². The van der Waals surface area contributed by atoms with Crippen molar-refractivity contribution in [3.8, 4) is 5.75 Å². The van der Waals surface area contributed by atoms with E-state index in [9.17, 15) is 9.59 Å². The molecular weight excluding hydrogens is 568 g/mol. The van der Waals surface area contributed by atoms with Gasteiger partial charge < -0.3 is 14.2 Å². The molecule has 0 N–H and O–H groups in total. The quantitative estimate of drug-likeness (QED) is 0.263. The summed E-state index contributed by atoms with van der Waals surface area (Å²) in [5.41, 5.74) is 3.39. The number of esters is 1. The van der Waals surface area contributed by atoms with Gasteiger partial charge in [0.2, 0.25) is 0 Å². The van der Waals surface area contributed by atoms with Gasteiger partial charge in [-0.25, -0.2) is 9.79 Å². The fourth-order valence-corrected chi connectivity index (χ4v) is 5.73. The van der Waals surface area contributed by atoms with Crippen molar-refractivity contribution < 1.29 is 19.0 Å². The lowest BCUT2D eigenvalue weighted by molar-refractivity contribution is -0.140. The second kappa shape index (κ2) is 12.2. The Morgan fingerprint density at radius 2 is 1.92 bits per heavy atom. The number of halogens is 1. The Morgan fingerprint density at radius 3 is 2.58 bits per heavy atom. The number of thiazole rings is 1. The van der Waals surface area contributed by atoms with Gasteiger partial charge in [-0.3, -0.25) is 9.36 Å². The zero-order valence-electron chi connectivity index (χ0n) is 22.1. The molecule has 1 unspecified atom stereocenters. The van der Waals surface area contributed by atoms with Gasteiger partial charge in [-0.05, 0) is 55.2 Å². The molecule has 0 fully saturated rings. The second-order valence-corrected chi connectivity index (χ2v) is 11.1. The fraction of sp³-hybridized carbons (Fsp3) is 0.345. The first-order valence-electron chi connectivity index (χ1n) is 12.5. The van der Waals surface area contributed by atoms with E-state index in [0.717, 1.165) is 15.6 Å². The summed E-state index contributed by atoms with van der Waals surface area (Å²) in [7, 11) is 1.55. The monoisotopic (exact) mass is 598 g/mol. The summed E-state index contributed by atoms with van der Waals surface area (Å²) in [6, 6.07) is 13.0. The molecule has 7 nitrogen and oxygen atoms in total. The molecular formula is C29H31BrN2O5S. The number of ether oxygens (including phenoxy) is 3. The van der Waals surface area contributed by atoms with Crippen LogP contribution in [-0.2, 0) is 14.3 Å². The lowest BCUT2D eigenvalue weighted by Crippen LogP contribution is -2.40. The summed E-state index contributed by atoms with van der Waals surface area (Å²) in [4.78, 5) is 32.4. The SMILES string of the molecule is CCOc1ccc(Br)cc1C=c1sc2n(c1=O)C(c1ccc(C(C)C)cc1)C(C(=O)OCCOC)=C(C)N=2.